The predicted octanol–water partition coefficient (Wildman–Crippen LogP) is 1.61. The Morgan fingerprint density at radius 2 is 2.40 bits per heavy atom. The third-order valence-electron chi connectivity index (χ3n) is 2.03. The first-order valence-corrected chi connectivity index (χ1v) is 5.46. The van der Waals surface area contributed by atoms with Crippen molar-refractivity contribution >= 4 is 17.1 Å². The Labute approximate surface area is 91.6 Å². The number of carbonyl (C=O) groups is 1. The zero-order valence-corrected chi connectivity index (χ0v) is 9.41. The average molecular weight is 221 g/mol. The largest absolute Gasteiger partial charge is 0.292 e. The zero-order valence-electron chi connectivity index (χ0n) is 8.60. The summed E-state index contributed by atoms with van der Waals surface area (Å²) < 4.78 is 1.69. The molecule has 2 rings (SSSR count). The lowest BCUT2D eigenvalue weighted by atomic mass is 10.1. The highest BCUT2D eigenvalue weighted by Crippen LogP contribution is 2.11. The summed E-state index contributed by atoms with van der Waals surface area (Å²) in [6.07, 6.45) is 3.92. The van der Waals surface area contributed by atoms with Crippen LogP contribution in [-0.2, 0) is 13.5 Å². The van der Waals surface area contributed by atoms with E-state index in [9.17, 15) is 4.79 Å². The minimum Gasteiger partial charge on any atom is -0.292 e. The Hall–Kier alpha value is -1.49. The van der Waals surface area contributed by atoms with Crippen molar-refractivity contribution in [2.24, 2.45) is 7.05 Å². The van der Waals surface area contributed by atoms with Crippen LogP contribution in [0.4, 0.5) is 0 Å². The first-order chi connectivity index (χ1) is 7.15. The smallest absolute Gasteiger partial charge is 0.186 e. The fraction of sp³-hybridized carbons (Fsp3) is 0.300. The van der Waals surface area contributed by atoms with Gasteiger partial charge >= 0.3 is 0 Å². The summed E-state index contributed by atoms with van der Waals surface area (Å²) in [5.74, 6) is 0.0485. The van der Waals surface area contributed by atoms with Gasteiger partial charge in [-0.25, -0.2) is 4.98 Å². The molecule has 4 nitrogen and oxygen atoms in total. The molecule has 0 unspecified atom stereocenters. The summed E-state index contributed by atoms with van der Waals surface area (Å²) in [4.78, 5) is 15.9. The van der Waals surface area contributed by atoms with Crippen molar-refractivity contribution in [2.75, 3.05) is 0 Å². The minimum atomic E-state index is 0.0485. The molecule has 0 bridgehead atoms. The maximum Gasteiger partial charge on any atom is 0.186 e. The molecule has 5 heteroatoms. The van der Waals surface area contributed by atoms with Gasteiger partial charge in [-0.15, -0.1) is 11.3 Å². The predicted molar refractivity (Wildman–Crippen MR) is 58.1 cm³/mol. The summed E-state index contributed by atoms with van der Waals surface area (Å²) in [6.45, 7) is 1.89. The van der Waals surface area contributed by atoms with Gasteiger partial charge in [0.25, 0.3) is 0 Å². The quantitative estimate of drug-likeness (QED) is 0.740. The van der Waals surface area contributed by atoms with Crippen molar-refractivity contribution in [3.8, 4) is 0 Å². The molecule has 2 heterocycles. The van der Waals surface area contributed by atoms with E-state index in [4.69, 9.17) is 0 Å². The summed E-state index contributed by atoms with van der Waals surface area (Å²) in [5.41, 5.74) is 1.48. The summed E-state index contributed by atoms with van der Waals surface area (Å²) in [5, 5.41) is 6.74. The van der Waals surface area contributed by atoms with E-state index in [-0.39, 0.29) is 5.78 Å². The molecule has 0 aliphatic heterocycles. The molecule has 0 fully saturated rings. The molecule has 0 aromatic carbocycles. The van der Waals surface area contributed by atoms with Crippen molar-refractivity contribution in [3.63, 3.8) is 0 Å². The molecule has 15 heavy (non-hydrogen) atoms. The van der Waals surface area contributed by atoms with Gasteiger partial charge in [0.2, 0.25) is 0 Å². The van der Waals surface area contributed by atoms with Crippen LogP contribution in [-0.4, -0.2) is 20.5 Å². The molecule has 2 aromatic heterocycles. The number of nitrogens with zero attached hydrogens (tertiary/aromatic N) is 3. The number of thiazole rings is 1. The molecule has 0 radical (unpaired) electrons. The molecule has 0 aliphatic rings. The lowest BCUT2D eigenvalue weighted by Crippen LogP contribution is -2.03. The molecule has 0 atom stereocenters. The van der Waals surface area contributed by atoms with Crippen LogP contribution >= 0.6 is 11.3 Å². The van der Waals surface area contributed by atoms with Gasteiger partial charge < -0.3 is 0 Å². The second-order valence-corrected chi connectivity index (χ2v) is 4.44. The number of ketones is 1. The van der Waals surface area contributed by atoms with Crippen molar-refractivity contribution in [2.45, 2.75) is 13.3 Å². The van der Waals surface area contributed by atoms with Crippen LogP contribution in [0.15, 0.2) is 17.8 Å². The van der Waals surface area contributed by atoms with Gasteiger partial charge in [-0.2, -0.15) is 5.10 Å². The second-order valence-electron chi connectivity index (χ2n) is 3.37. The topological polar surface area (TPSA) is 47.8 Å². The van der Waals surface area contributed by atoms with Crippen molar-refractivity contribution in [1.29, 1.82) is 0 Å². The molecule has 0 N–H and O–H groups in total. The van der Waals surface area contributed by atoms with Crippen LogP contribution in [0.2, 0.25) is 0 Å². The van der Waals surface area contributed by atoms with E-state index < -0.39 is 0 Å². The van der Waals surface area contributed by atoms with Gasteiger partial charge in [-0.1, -0.05) is 0 Å². The average Bonchev–Trinajstić information content (AvgIpc) is 2.75. The summed E-state index contributed by atoms with van der Waals surface area (Å²) in [7, 11) is 1.83. The van der Waals surface area contributed by atoms with Crippen LogP contribution in [0, 0.1) is 6.92 Å². The van der Waals surface area contributed by atoms with E-state index in [1.54, 1.807) is 16.3 Å². The van der Waals surface area contributed by atoms with Crippen molar-refractivity contribution < 1.29 is 4.79 Å². The highest BCUT2D eigenvalue weighted by Gasteiger charge is 2.10. The van der Waals surface area contributed by atoms with Gasteiger partial charge in [-0.05, 0) is 12.5 Å². The number of rotatable bonds is 3. The van der Waals surface area contributed by atoms with Crippen LogP contribution in [0.5, 0.6) is 0 Å². The van der Waals surface area contributed by atoms with E-state index in [0.717, 1.165) is 10.6 Å². The van der Waals surface area contributed by atoms with Crippen LogP contribution < -0.4 is 0 Å². The lowest BCUT2D eigenvalue weighted by Gasteiger charge is -1.92. The number of carbonyl (C=O) groups excluding carboxylic acids is 1. The third kappa shape index (κ3) is 2.30. The maximum absolute atomic E-state index is 11.7. The second kappa shape index (κ2) is 3.94. The normalized spacial score (nSPS) is 10.5. The fourth-order valence-electron chi connectivity index (χ4n) is 1.33. The van der Waals surface area contributed by atoms with E-state index in [2.05, 4.69) is 10.1 Å². The van der Waals surface area contributed by atoms with Gasteiger partial charge in [0.1, 0.15) is 5.69 Å². The first kappa shape index (κ1) is 10.0. The Kier molecular flexibility index (Phi) is 2.64. The lowest BCUT2D eigenvalue weighted by molar-refractivity contribution is 0.0988. The van der Waals surface area contributed by atoms with Gasteiger partial charge in [-0.3, -0.25) is 9.48 Å². The Morgan fingerprint density at radius 3 is 2.93 bits per heavy atom. The fourth-order valence-corrected chi connectivity index (χ4v) is 1.95. The highest BCUT2D eigenvalue weighted by molar-refractivity contribution is 7.09. The molecular formula is C10H11N3OS. The van der Waals surface area contributed by atoms with Gasteiger partial charge in [0.15, 0.2) is 5.78 Å². The van der Waals surface area contributed by atoms with Crippen molar-refractivity contribution in [3.05, 3.63) is 34.0 Å². The van der Waals surface area contributed by atoms with Crippen LogP contribution in [0.1, 0.15) is 21.1 Å². The molecule has 0 saturated carbocycles. The van der Waals surface area contributed by atoms with Gasteiger partial charge in [0, 0.05) is 25.0 Å². The van der Waals surface area contributed by atoms with Crippen LogP contribution in [0.3, 0.4) is 0 Å². The van der Waals surface area contributed by atoms with Crippen molar-refractivity contribution in [1.82, 2.24) is 14.8 Å². The Balaban J connectivity index is 2.10. The Bertz CT molecular complexity index is 486. The maximum atomic E-state index is 11.7. The van der Waals surface area contributed by atoms with E-state index in [0.29, 0.717) is 12.1 Å². The minimum absolute atomic E-state index is 0.0485. The standard InChI is InChI=1S/C10H11N3OS/c1-7-12-9(6-15-7)10(14)3-8-4-11-13(2)5-8/h4-6H,3H2,1-2H3. The van der Waals surface area contributed by atoms with E-state index in [1.165, 1.54) is 11.3 Å². The number of hydrogen-bond acceptors (Lipinski definition) is 4. The molecule has 0 amide bonds. The summed E-state index contributed by atoms with van der Waals surface area (Å²) in [6, 6.07) is 0. The number of Topliss-reactive ketones (excluding diaryl/α,β-unsaturated/α-hetero) is 1. The first-order valence-electron chi connectivity index (χ1n) is 4.58. The molecule has 0 aliphatic carbocycles. The molecule has 2 aromatic rings. The van der Waals surface area contributed by atoms with E-state index >= 15 is 0 Å². The third-order valence-corrected chi connectivity index (χ3v) is 2.80. The van der Waals surface area contributed by atoms with Gasteiger partial charge in [0.05, 0.1) is 11.2 Å². The summed E-state index contributed by atoms with van der Waals surface area (Å²) >= 11 is 1.50. The highest BCUT2D eigenvalue weighted by atomic mass is 32.1. The molecule has 0 spiro atoms. The SMILES string of the molecule is Cc1nc(C(=O)Cc2cnn(C)c2)cs1. The Morgan fingerprint density at radius 1 is 1.60 bits per heavy atom. The molecular weight excluding hydrogens is 210 g/mol. The number of hydrogen-bond donors (Lipinski definition) is 0. The number of aromatic nitrogens is 3. The van der Waals surface area contributed by atoms with Crippen LogP contribution in [0.25, 0.3) is 0 Å². The van der Waals surface area contributed by atoms with E-state index in [1.807, 2.05) is 20.2 Å². The molecule has 0 saturated heterocycles. The molecule has 78 valence electrons. The number of aryl methyl sites for hydroxylation is 2. The zero-order chi connectivity index (χ0) is 10.8. The monoisotopic (exact) mass is 221 g/mol.